The highest BCUT2D eigenvalue weighted by molar-refractivity contribution is 14.1. The van der Waals surface area contributed by atoms with Crippen molar-refractivity contribution in [1.82, 2.24) is 0 Å². The molecule has 0 N–H and O–H groups in total. The predicted molar refractivity (Wildman–Crippen MR) is 144 cm³/mol. The lowest BCUT2D eigenvalue weighted by Gasteiger charge is -2.29. The van der Waals surface area contributed by atoms with E-state index in [2.05, 4.69) is 120 Å². The standard InChI is InChI=1S/C29H35IO/c1-17(2)22-16-23(18(3)4)28(26-20(7)14-15-24(31-8)29(26)30)25(19(5)6)27(22)21-12-10-9-11-13-21/h9-19H,1-8H3. The van der Waals surface area contributed by atoms with Gasteiger partial charge in [-0.25, -0.2) is 0 Å². The van der Waals surface area contributed by atoms with E-state index in [9.17, 15) is 0 Å². The molecule has 3 aromatic carbocycles. The Morgan fingerprint density at radius 3 is 1.81 bits per heavy atom. The maximum absolute atomic E-state index is 5.73. The molecule has 0 atom stereocenters. The largest absolute Gasteiger partial charge is 0.496 e. The van der Waals surface area contributed by atoms with Gasteiger partial charge < -0.3 is 4.74 Å². The van der Waals surface area contributed by atoms with Crippen molar-refractivity contribution in [2.45, 2.75) is 66.2 Å². The fourth-order valence-electron chi connectivity index (χ4n) is 4.56. The summed E-state index contributed by atoms with van der Waals surface area (Å²) in [5.41, 5.74) is 11.1. The number of aryl methyl sites for hydroxylation is 1. The number of benzene rings is 3. The molecule has 1 nitrogen and oxygen atoms in total. The quantitative estimate of drug-likeness (QED) is 0.291. The average molecular weight is 527 g/mol. The normalized spacial score (nSPS) is 11.6. The van der Waals surface area contributed by atoms with Gasteiger partial charge in [0.05, 0.1) is 10.7 Å². The summed E-state index contributed by atoms with van der Waals surface area (Å²) in [6.07, 6.45) is 0. The third-order valence-corrected chi connectivity index (χ3v) is 7.17. The molecule has 0 bridgehead atoms. The molecule has 0 aliphatic rings. The van der Waals surface area contributed by atoms with Crippen LogP contribution in [0.15, 0.2) is 48.5 Å². The Kier molecular flexibility index (Phi) is 7.51. The zero-order valence-electron chi connectivity index (χ0n) is 20.1. The van der Waals surface area contributed by atoms with E-state index in [1.807, 2.05) is 0 Å². The topological polar surface area (TPSA) is 9.23 Å². The maximum Gasteiger partial charge on any atom is 0.132 e. The molecular formula is C29H35IO. The molecule has 164 valence electrons. The third kappa shape index (κ3) is 4.55. The second kappa shape index (κ2) is 9.77. The Morgan fingerprint density at radius 2 is 1.29 bits per heavy atom. The molecule has 0 aliphatic carbocycles. The number of rotatable bonds is 6. The number of ether oxygens (including phenoxy) is 1. The summed E-state index contributed by atoms with van der Waals surface area (Å²) in [5, 5.41) is 0. The van der Waals surface area contributed by atoms with Crippen LogP contribution in [0, 0.1) is 10.5 Å². The lowest BCUT2D eigenvalue weighted by molar-refractivity contribution is 0.412. The van der Waals surface area contributed by atoms with E-state index in [0.717, 1.165) is 5.75 Å². The summed E-state index contributed by atoms with van der Waals surface area (Å²) in [6, 6.07) is 17.7. The van der Waals surface area contributed by atoms with Crippen LogP contribution in [-0.2, 0) is 0 Å². The highest BCUT2D eigenvalue weighted by Crippen LogP contribution is 2.48. The Labute approximate surface area is 202 Å². The van der Waals surface area contributed by atoms with Gasteiger partial charge in [0, 0.05) is 5.56 Å². The molecule has 0 radical (unpaired) electrons. The number of hydrogen-bond donors (Lipinski definition) is 0. The first-order valence-electron chi connectivity index (χ1n) is 11.3. The summed E-state index contributed by atoms with van der Waals surface area (Å²) >= 11 is 2.47. The Morgan fingerprint density at radius 1 is 0.710 bits per heavy atom. The smallest absolute Gasteiger partial charge is 0.132 e. The summed E-state index contributed by atoms with van der Waals surface area (Å²) in [5.74, 6) is 2.21. The Balaban J connectivity index is 2.58. The van der Waals surface area contributed by atoms with Crippen molar-refractivity contribution in [2.24, 2.45) is 0 Å². The van der Waals surface area contributed by atoms with E-state index in [1.165, 1.54) is 48.1 Å². The van der Waals surface area contributed by atoms with E-state index in [4.69, 9.17) is 4.74 Å². The van der Waals surface area contributed by atoms with Gasteiger partial charge in [-0.05, 0) is 92.3 Å². The molecule has 0 saturated carbocycles. The van der Waals surface area contributed by atoms with E-state index < -0.39 is 0 Å². The van der Waals surface area contributed by atoms with Crippen LogP contribution in [0.1, 0.15) is 81.5 Å². The average Bonchev–Trinajstić information content (AvgIpc) is 2.73. The van der Waals surface area contributed by atoms with Crippen LogP contribution in [-0.4, -0.2) is 7.11 Å². The molecular weight excluding hydrogens is 491 g/mol. The van der Waals surface area contributed by atoms with Crippen LogP contribution in [0.5, 0.6) is 5.75 Å². The van der Waals surface area contributed by atoms with Crippen molar-refractivity contribution in [2.75, 3.05) is 7.11 Å². The minimum absolute atomic E-state index is 0.391. The second-order valence-electron chi connectivity index (χ2n) is 9.32. The van der Waals surface area contributed by atoms with Crippen LogP contribution in [0.3, 0.4) is 0 Å². The first-order chi connectivity index (χ1) is 14.7. The van der Waals surface area contributed by atoms with Gasteiger partial charge >= 0.3 is 0 Å². The van der Waals surface area contributed by atoms with E-state index in [0.29, 0.717) is 17.8 Å². The highest BCUT2D eigenvalue weighted by atomic mass is 127. The van der Waals surface area contributed by atoms with Crippen molar-refractivity contribution in [3.8, 4) is 28.0 Å². The third-order valence-electron chi connectivity index (χ3n) is 6.10. The van der Waals surface area contributed by atoms with Crippen molar-refractivity contribution in [3.05, 3.63) is 74.4 Å². The minimum Gasteiger partial charge on any atom is -0.496 e. The Hall–Kier alpha value is -1.81. The van der Waals surface area contributed by atoms with Gasteiger partial charge in [-0.2, -0.15) is 0 Å². The van der Waals surface area contributed by atoms with Gasteiger partial charge in [0.1, 0.15) is 5.75 Å². The Bertz CT molecular complexity index is 1060. The SMILES string of the molecule is COc1ccc(C)c(-c2c(C(C)C)cc(C(C)C)c(-c3ccccc3)c2C(C)C)c1I. The highest BCUT2D eigenvalue weighted by Gasteiger charge is 2.27. The lowest BCUT2D eigenvalue weighted by Crippen LogP contribution is -2.09. The molecule has 0 aliphatic heterocycles. The van der Waals surface area contributed by atoms with Crippen molar-refractivity contribution in [3.63, 3.8) is 0 Å². The molecule has 3 rings (SSSR count). The van der Waals surface area contributed by atoms with Crippen LogP contribution in [0.4, 0.5) is 0 Å². The van der Waals surface area contributed by atoms with Gasteiger partial charge in [0.25, 0.3) is 0 Å². The number of methoxy groups -OCH3 is 1. The fourth-order valence-corrected chi connectivity index (χ4v) is 5.66. The van der Waals surface area contributed by atoms with E-state index >= 15 is 0 Å². The van der Waals surface area contributed by atoms with Crippen LogP contribution >= 0.6 is 22.6 Å². The van der Waals surface area contributed by atoms with Gasteiger partial charge in [0.2, 0.25) is 0 Å². The van der Waals surface area contributed by atoms with Crippen LogP contribution in [0.2, 0.25) is 0 Å². The summed E-state index contributed by atoms with van der Waals surface area (Å²) in [6.45, 7) is 16.2. The lowest BCUT2D eigenvalue weighted by atomic mass is 9.75. The first-order valence-corrected chi connectivity index (χ1v) is 12.4. The molecule has 0 unspecified atom stereocenters. The van der Waals surface area contributed by atoms with E-state index in [1.54, 1.807) is 7.11 Å². The van der Waals surface area contributed by atoms with Gasteiger partial charge in [-0.15, -0.1) is 0 Å². The maximum atomic E-state index is 5.73. The first kappa shape index (κ1) is 23.8. The summed E-state index contributed by atoms with van der Waals surface area (Å²) in [4.78, 5) is 0. The predicted octanol–water partition coefficient (Wildman–Crippen LogP) is 9.31. The fraction of sp³-hybridized carbons (Fsp3) is 0.379. The molecule has 0 aromatic heterocycles. The molecule has 2 heteroatoms. The zero-order chi connectivity index (χ0) is 22.9. The number of halogens is 1. The van der Waals surface area contributed by atoms with E-state index in [-0.39, 0.29) is 0 Å². The van der Waals surface area contributed by atoms with Crippen molar-refractivity contribution < 1.29 is 4.74 Å². The molecule has 0 saturated heterocycles. The second-order valence-corrected chi connectivity index (χ2v) is 10.4. The molecule has 3 aromatic rings. The molecule has 0 fully saturated rings. The monoisotopic (exact) mass is 526 g/mol. The van der Waals surface area contributed by atoms with Gasteiger partial charge in [-0.1, -0.05) is 84.0 Å². The molecule has 0 heterocycles. The summed E-state index contributed by atoms with van der Waals surface area (Å²) < 4.78 is 6.93. The molecule has 0 spiro atoms. The number of hydrogen-bond acceptors (Lipinski definition) is 1. The van der Waals surface area contributed by atoms with Crippen LogP contribution in [0.25, 0.3) is 22.3 Å². The van der Waals surface area contributed by atoms with Crippen LogP contribution < -0.4 is 4.74 Å². The van der Waals surface area contributed by atoms with Crippen molar-refractivity contribution in [1.29, 1.82) is 0 Å². The summed E-state index contributed by atoms with van der Waals surface area (Å²) in [7, 11) is 1.76. The molecule has 31 heavy (non-hydrogen) atoms. The van der Waals surface area contributed by atoms with Gasteiger partial charge in [-0.3, -0.25) is 0 Å². The molecule has 0 amide bonds. The zero-order valence-corrected chi connectivity index (χ0v) is 22.3. The van der Waals surface area contributed by atoms with Gasteiger partial charge in [0.15, 0.2) is 0 Å². The van der Waals surface area contributed by atoms with Crippen molar-refractivity contribution >= 4 is 22.6 Å². The minimum atomic E-state index is 0.391.